The van der Waals surface area contributed by atoms with E-state index >= 15 is 0 Å². The summed E-state index contributed by atoms with van der Waals surface area (Å²) in [5, 5.41) is 3.75. The Bertz CT molecular complexity index is 665. The van der Waals surface area contributed by atoms with E-state index < -0.39 is 0 Å². The molecule has 130 valence electrons. The van der Waals surface area contributed by atoms with Crippen LogP contribution in [0, 0.1) is 20.8 Å². The van der Waals surface area contributed by atoms with Crippen LogP contribution in [0.15, 0.2) is 18.5 Å². The van der Waals surface area contributed by atoms with Gasteiger partial charge in [0, 0.05) is 0 Å². The number of unbranched alkanes of at least 4 members (excludes halogenated alkanes) is 1. The number of halogens is 1. The van der Waals surface area contributed by atoms with Crippen LogP contribution < -0.4 is 10.1 Å². The Hall–Kier alpha value is -1.81. The number of aromatic nitrogens is 2. The van der Waals surface area contributed by atoms with Crippen molar-refractivity contribution < 1.29 is 4.74 Å². The zero-order valence-corrected chi connectivity index (χ0v) is 15.7. The van der Waals surface area contributed by atoms with Crippen molar-refractivity contribution >= 4 is 17.4 Å². The molecule has 0 atom stereocenters. The lowest BCUT2D eigenvalue weighted by Gasteiger charge is -2.15. The van der Waals surface area contributed by atoms with Crippen LogP contribution in [-0.2, 0) is 6.42 Å². The first-order chi connectivity index (χ1) is 11.5. The van der Waals surface area contributed by atoms with Crippen LogP contribution in [-0.4, -0.2) is 23.1 Å². The number of nitrogens with zero attached hydrogens (tertiary/aromatic N) is 2. The maximum atomic E-state index is 6.17. The van der Waals surface area contributed by atoms with E-state index in [-0.39, 0.29) is 0 Å². The minimum absolute atomic E-state index is 0.551. The maximum absolute atomic E-state index is 6.17. The fourth-order valence-electron chi connectivity index (χ4n) is 2.70. The summed E-state index contributed by atoms with van der Waals surface area (Å²) in [7, 11) is 0. The van der Waals surface area contributed by atoms with Crippen LogP contribution in [0.5, 0.6) is 5.75 Å². The van der Waals surface area contributed by atoms with Gasteiger partial charge in [0.2, 0.25) is 0 Å². The number of hydrogen-bond acceptors (Lipinski definition) is 4. The average Bonchev–Trinajstić information content (AvgIpc) is 2.55. The molecule has 0 saturated carbocycles. The Balaban J connectivity index is 1.91. The molecule has 0 radical (unpaired) electrons. The second-order valence-corrected chi connectivity index (χ2v) is 6.44. The fraction of sp³-hybridized carbons (Fsp3) is 0.474. The smallest absolute Gasteiger partial charge is 0.148 e. The van der Waals surface area contributed by atoms with Crippen LogP contribution in [0.25, 0.3) is 0 Å². The molecular formula is C19H26ClN3O. The average molecular weight is 348 g/mol. The van der Waals surface area contributed by atoms with Gasteiger partial charge in [-0.05, 0) is 50.3 Å². The molecule has 0 unspecified atom stereocenters. The summed E-state index contributed by atoms with van der Waals surface area (Å²) >= 11 is 6.17. The number of benzene rings is 1. The van der Waals surface area contributed by atoms with Gasteiger partial charge in [-0.3, -0.25) is 0 Å². The van der Waals surface area contributed by atoms with Crippen LogP contribution in [0.3, 0.4) is 0 Å². The molecule has 1 aromatic carbocycles. The normalized spacial score (nSPS) is 10.7. The molecule has 1 aromatic heterocycles. The first-order valence-corrected chi connectivity index (χ1v) is 8.84. The molecule has 0 fully saturated rings. The van der Waals surface area contributed by atoms with Crippen molar-refractivity contribution in [3.63, 3.8) is 0 Å². The molecule has 1 N–H and O–H groups in total. The van der Waals surface area contributed by atoms with Crippen molar-refractivity contribution in [2.24, 2.45) is 0 Å². The Morgan fingerprint density at radius 2 is 1.83 bits per heavy atom. The number of aryl methyl sites for hydroxylation is 4. The van der Waals surface area contributed by atoms with E-state index in [1.807, 2.05) is 6.92 Å². The van der Waals surface area contributed by atoms with Crippen molar-refractivity contribution in [1.29, 1.82) is 0 Å². The van der Waals surface area contributed by atoms with Crippen molar-refractivity contribution in [1.82, 2.24) is 9.97 Å². The van der Waals surface area contributed by atoms with Crippen LogP contribution in [0.2, 0.25) is 5.02 Å². The zero-order chi connectivity index (χ0) is 17.5. The largest absolute Gasteiger partial charge is 0.491 e. The highest BCUT2D eigenvalue weighted by Crippen LogP contribution is 2.26. The molecule has 5 heteroatoms. The van der Waals surface area contributed by atoms with Crippen molar-refractivity contribution in [3.8, 4) is 5.75 Å². The SMILES string of the molecule is CCCCc1cc(C)c(OCCNc2ncnc(C)c2Cl)c(C)c1. The summed E-state index contributed by atoms with van der Waals surface area (Å²) in [6.07, 6.45) is 5.08. The van der Waals surface area contributed by atoms with E-state index in [0.29, 0.717) is 24.0 Å². The van der Waals surface area contributed by atoms with Gasteiger partial charge in [-0.15, -0.1) is 0 Å². The third-order valence-corrected chi connectivity index (χ3v) is 4.40. The Morgan fingerprint density at radius 1 is 1.12 bits per heavy atom. The summed E-state index contributed by atoms with van der Waals surface area (Å²) in [5.74, 6) is 1.62. The van der Waals surface area contributed by atoms with E-state index in [4.69, 9.17) is 16.3 Å². The predicted molar refractivity (Wildman–Crippen MR) is 100 cm³/mol. The Kier molecular flexibility index (Phi) is 6.85. The van der Waals surface area contributed by atoms with Gasteiger partial charge < -0.3 is 10.1 Å². The summed E-state index contributed by atoms with van der Waals surface area (Å²) in [6.45, 7) is 9.47. The first-order valence-electron chi connectivity index (χ1n) is 8.46. The molecular weight excluding hydrogens is 322 g/mol. The van der Waals surface area contributed by atoms with Gasteiger partial charge in [-0.1, -0.05) is 37.1 Å². The molecule has 0 amide bonds. The topological polar surface area (TPSA) is 47.0 Å². The van der Waals surface area contributed by atoms with E-state index in [2.05, 4.69) is 48.2 Å². The van der Waals surface area contributed by atoms with E-state index in [9.17, 15) is 0 Å². The molecule has 2 rings (SSSR count). The Morgan fingerprint density at radius 3 is 2.50 bits per heavy atom. The monoisotopic (exact) mass is 347 g/mol. The highest BCUT2D eigenvalue weighted by molar-refractivity contribution is 6.33. The Labute approximate surface area is 149 Å². The summed E-state index contributed by atoms with van der Waals surface area (Å²) < 4.78 is 5.97. The van der Waals surface area contributed by atoms with Crippen LogP contribution in [0.4, 0.5) is 5.82 Å². The minimum Gasteiger partial charge on any atom is -0.491 e. The van der Waals surface area contributed by atoms with E-state index in [0.717, 1.165) is 17.9 Å². The van der Waals surface area contributed by atoms with Gasteiger partial charge >= 0.3 is 0 Å². The quantitative estimate of drug-likeness (QED) is 0.691. The van der Waals surface area contributed by atoms with Crippen LogP contribution in [0.1, 0.15) is 42.1 Å². The molecule has 0 saturated heterocycles. The standard InChI is InChI=1S/C19H26ClN3O/c1-5-6-7-16-10-13(2)18(14(3)11-16)24-9-8-21-19-17(20)15(4)22-12-23-19/h10-12H,5-9H2,1-4H3,(H,21,22,23). The molecule has 1 heterocycles. The highest BCUT2D eigenvalue weighted by atomic mass is 35.5. The second-order valence-electron chi connectivity index (χ2n) is 6.06. The zero-order valence-electron chi connectivity index (χ0n) is 14.9. The van der Waals surface area contributed by atoms with Gasteiger partial charge in [0.15, 0.2) is 0 Å². The van der Waals surface area contributed by atoms with E-state index in [1.165, 1.54) is 35.9 Å². The molecule has 24 heavy (non-hydrogen) atoms. The van der Waals surface area contributed by atoms with Crippen molar-refractivity contribution in [2.75, 3.05) is 18.5 Å². The van der Waals surface area contributed by atoms with Gasteiger partial charge in [0.1, 0.15) is 29.5 Å². The van der Waals surface area contributed by atoms with Crippen molar-refractivity contribution in [3.05, 3.63) is 45.9 Å². The molecule has 2 aromatic rings. The summed E-state index contributed by atoms with van der Waals surface area (Å²) in [6, 6.07) is 4.46. The third kappa shape index (κ3) is 4.84. The van der Waals surface area contributed by atoms with Gasteiger partial charge in [0.25, 0.3) is 0 Å². The maximum Gasteiger partial charge on any atom is 0.148 e. The first kappa shape index (κ1) is 18.5. The summed E-state index contributed by atoms with van der Waals surface area (Å²) in [5.41, 5.74) is 4.54. The number of rotatable bonds is 8. The molecule has 0 spiro atoms. The van der Waals surface area contributed by atoms with Crippen molar-refractivity contribution in [2.45, 2.75) is 47.0 Å². The highest BCUT2D eigenvalue weighted by Gasteiger charge is 2.08. The van der Waals surface area contributed by atoms with Gasteiger partial charge in [0.05, 0.1) is 12.2 Å². The lowest BCUT2D eigenvalue weighted by molar-refractivity contribution is 0.328. The van der Waals surface area contributed by atoms with Gasteiger partial charge in [-0.2, -0.15) is 0 Å². The number of hydrogen-bond donors (Lipinski definition) is 1. The number of nitrogens with one attached hydrogen (secondary N) is 1. The minimum atomic E-state index is 0.551. The number of anilines is 1. The molecule has 0 aliphatic heterocycles. The van der Waals surface area contributed by atoms with E-state index in [1.54, 1.807) is 0 Å². The molecule has 0 aliphatic rings. The fourth-order valence-corrected chi connectivity index (χ4v) is 2.86. The molecule has 4 nitrogen and oxygen atoms in total. The van der Waals surface area contributed by atoms with Crippen LogP contribution >= 0.6 is 11.6 Å². The summed E-state index contributed by atoms with van der Waals surface area (Å²) in [4.78, 5) is 8.20. The second kappa shape index (κ2) is 8.88. The molecule has 0 aliphatic carbocycles. The lowest BCUT2D eigenvalue weighted by atomic mass is 10.0. The van der Waals surface area contributed by atoms with Gasteiger partial charge in [-0.25, -0.2) is 9.97 Å². The predicted octanol–water partition coefficient (Wildman–Crippen LogP) is 4.89. The molecule has 0 bridgehead atoms. The lowest BCUT2D eigenvalue weighted by Crippen LogP contribution is -2.14. The third-order valence-electron chi connectivity index (χ3n) is 3.94. The number of ether oxygens (including phenoxy) is 1.